The number of benzene rings is 1. The number of nitrogens with zero attached hydrogens (tertiary/aromatic N) is 1. The summed E-state index contributed by atoms with van der Waals surface area (Å²) in [7, 11) is 2.12. The monoisotopic (exact) mass is 192 g/mol. The molecule has 0 bridgehead atoms. The first-order chi connectivity index (χ1) is 6.81. The number of nitrogens with two attached hydrogens (primary N) is 1. The fraction of sp³-hybridized carbons (Fsp3) is 0.455. The maximum atomic E-state index is 5.59. The highest BCUT2D eigenvalue weighted by atomic mass is 16.5. The summed E-state index contributed by atoms with van der Waals surface area (Å²) in [6.45, 7) is 3.17. The molecule has 3 nitrogen and oxygen atoms in total. The molecule has 1 aromatic rings. The molecule has 0 amide bonds. The first-order valence-electron chi connectivity index (χ1n) is 4.93. The Hall–Kier alpha value is -1.06. The van der Waals surface area contributed by atoms with E-state index in [2.05, 4.69) is 18.0 Å². The minimum atomic E-state index is 0.569. The Kier molecular flexibility index (Phi) is 2.70. The summed E-state index contributed by atoms with van der Waals surface area (Å²) < 4.78 is 5.59. The van der Waals surface area contributed by atoms with Gasteiger partial charge in [-0.1, -0.05) is 12.1 Å². The molecule has 0 aromatic heterocycles. The number of fused-ring (bicyclic) bond motifs is 1. The first kappa shape index (κ1) is 9.49. The average molecular weight is 192 g/mol. The molecule has 1 aliphatic heterocycles. The standard InChI is InChI=1S/C11H16N2O/c1-13-7-9-3-2-4-11(10(9)8-13)14-6-5-12/h2-4H,5-8,12H2,1H3. The van der Waals surface area contributed by atoms with Gasteiger partial charge in [0.2, 0.25) is 0 Å². The predicted octanol–water partition coefficient (Wildman–Crippen LogP) is 0.970. The molecule has 0 radical (unpaired) electrons. The van der Waals surface area contributed by atoms with Crippen molar-refractivity contribution >= 4 is 0 Å². The van der Waals surface area contributed by atoms with Crippen LogP contribution in [0.25, 0.3) is 0 Å². The summed E-state index contributed by atoms with van der Waals surface area (Å²) in [5.41, 5.74) is 8.11. The normalized spacial score (nSPS) is 15.6. The molecule has 76 valence electrons. The van der Waals surface area contributed by atoms with Crippen LogP contribution in [-0.4, -0.2) is 25.1 Å². The molecule has 0 aliphatic carbocycles. The topological polar surface area (TPSA) is 38.5 Å². The van der Waals surface area contributed by atoms with Crippen LogP contribution in [0, 0.1) is 0 Å². The maximum absolute atomic E-state index is 5.59. The first-order valence-corrected chi connectivity index (χ1v) is 4.93. The Morgan fingerprint density at radius 1 is 1.43 bits per heavy atom. The highest BCUT2D eigenvalue weighted by Crippen LogP contribution is 2.29. The third-order valence-electron chi connectivity index (χ3n) is 2.47. The second-order valence-corrected chi connectivity index (χ2v) is 3.70. The van der Waals surface area contributed by atoms with Gasteiger partial charge in [-0.2, -0.15) is 0 Å². The van der Waals surface area contributed by atoms with Crippen molar-refractivity contribution in [3.63, 3.8) is 0 Å². The molecule has 0 spiro atoms. The largest absolute Gasteiger partial charge is 0.492 e. The second kappa shape index (κ2) is 3.98. The van der Waals surface area contributed by atoms with Crippen LogP contribution in [0.2, 0.25) is 0 Å². The summed E-state index contributed by atoms with van der Waals surface area (Å²) in [4.78, 5) is 2.28. The molecule has 1 heterocycles. The fourth-order valence-electron chi connectivity index (χ4n) is 1.86. The maximum Gasteiger partial charge on any atom is 0.124 e. The molecule has 1 aromatic carbocycles. The summed E-state index contributed by atoms with van der Waals surface area (Å²) in [5.74, 6) is 0.998. The van der Waals surface area contributed by atoms with Crippen molar-refractivity contribution in [3.05, 3.63) is 29.3 Å². The van der Waals surface area contributed by atoms with E-state index >= 15 is 0 Å². The van der Waals surface area contributed by atoms with Crippen molar-refractivity contribution in [2.75, 3.05) is 20.2 Å². The Balaban J connectivity index is 2.21. The van der Waals surface area contributed by atoms with Gasteiger partial charge in [-0.25, -0.2) is 0 Å². The van der Waals surface area contributed by atoms with Crippen molar-refractivity contribution in [3.8, 4) is 5.75 Å². The average Bonchev–Trinajstić information content (AvgIpc) is 2.55. The van der Waals surface area contributed by atoms with Gasteiger partial charge >= 0.3 is 0 Å². The lowest BCUT2D eigenvalue weighted by molar-refractivity contribution is 0.315. The zero-order chi connectivity index (χ0) is 9.97. The van der Waals surface area contributed by atoms with Gasteiger partial charge in [0.25, 0.3) is 0 Å². The van der Waals surface area contributed by atoms with Crippen LogP contribution in [0.4, 0.5) is 0 Å². The van der Waals surface area contributed by atoms with Gasteiger partial charge in [0, 0.05) is 25.2 Å². The van der Waals surface area contributed by atoms with Crippen LogP contribution in [0.5, 0.6) is 5.75 Å². The van der Waals surface area contributed by atoms with Crippen LogP contribution in [0.15, 0.2) is 18.2 Å². The van der Waals surface area contributed by atoms with Crippen molar-refractivity contribution in [1.29, 1.82) is 0 Å². The van der Waals surface area contributed by atoms with Crippen molar-refractivity contribution in [2.45, 2.75) is 13.1 Å². The Labute approximate surface area is 84.5 Å². The Bertz CT molecular complexity index is 325. The molecule has 0 saturated heterocycles. The molecule has 0 fully saturated rings. The van der Waals surface area contributed by atoms with Gasteiger partial charge in [-0.05, 0) is 18.7 Å². The SMILES string of the molecule is CN1Cc2cccc(OCCN)c2C1. The lowest BCUT2D eigenvalue weighted by Crippen LogP contribution is -2.12. The third kappa shape index (κ3) is 1.74. The van der Waals surface area contributed by atoms with Crippen LogP contribution in [0.1, 0.15) is 11.1 Å². The van der Waals surface area contributed by atoms with E-state index in [0.717, 1.165) is 18.8 Å². The van der Waals surface area contributed by atoms with E-state index in [1.165, 1.54) is 11.1 Å². The third-order valence-corrected chi connectivity index (χ3v) is 2.47. The Morgan fingerprint density at radius 2 is 2.29 bits per heavy atom. The molecule has 0 atom stereocenters. The smallest absolute Gasteiger partial charge is 0.124 e. The summed E-state index contributed by atoms with van der Waals surface area (Å²) in [5, 5.41) is 0. The lowest BCUT2D eigenvalue weighted by atomic mass is 10.1. The van der Waals surface area contributed by atoms with E-state index in [1.54, 1.807) is 0 Å². The fourth-order valence-corrected chi connectivity index (χ4v) is 1.86. The quantitative estimate of drug-likeness (QED) is 0.775. The highest BCUT2D eigenvalue weighted by Gasteiger charge is 2.18. The molecule has 2 rings (SSSR count). The van der Waals surface area contributed by atoms with E-state index in [-0.39, 0.29) is 0 Å². The number of ether oxygens (including phenoxy) is 1. The van der Waals surface area contributed by atoms with E-state index in [9.17, 15) is 0 Å². The van der Waals surface area contributed by atoms with E-state index < -0.39 is 0 Å². The number of rotatable bonds is 3. The van der Waals surface area contributed by atoms with Gasteiger partial charge in [-0.3, -0.25) is 4.90 Å². The molecular formula is C11H16N2O. The van der Waals surface area contributed by atoms with Crippen molar-refractivity contribution < 1.29 is 4.74 Å². The lowest BCUT2D eigenvalue weighted by Gasteiger charge is -2.09. The highest BCUT2D eigenvalue weighted by molar-refractivity contribution is 5.42. The molecule has 2 N–H and O–H groups in total. The molecular weight excluding hydrogens is 176 g/mol. The molecule has 3 heteroatoms. The number of hydrogen-bond donors (Lipinski definition) is 1. The summed E-state index contributed by atoms with van der Waals surface area (Å²) in [6, 6.07) is 6.23. The molecule has 14 heavy (non-hydrogen) atoms. The van der Waals surface area contributed by atoms with Gasteiger partial charge in [0.1, 0.15) is 12.4 Å². The van der Waals surface area contributed by atoms with Crippen LogP contribution in [-0.2, 0) is 13.1 Å². The molecule has 1 aliphatic rings. The van der Waals surface area contributed by atoms with Gasteiger partial charge in [0.05, 0.1) is 0 Å². The van der Waals surface area contributed by atoms with Gasteiger partial charge in [-0.15, -0.1) is 0 Å². The van der Waals surface area contributed by atoms with Crippen LogP contribution in [0.3, 0.4) is 0 Å². The molecule has 0 saturated carbocycles. The van der Waals surface area contributed by atoms with Gasteiger partial charge < -0.3 is 10.5 Å². The van der Waals surface area contributed by atoms with E-state index in [0.29, 0.717) is 13.2 Å². The van der Waals surface area contributed by atoms with Crippen molar-refractivity contribution in [2.24, 2.45) is 5.73 Å². The van der Waals surface area contributed by atoms with Crippen molar-refractivity contribution in [1.82, 2.24) is 4.90 Å². The van der Waals surface area contributed by atoms with E-state index in [1.807, 2.05) is 12.1 Å². The Morgan fingerprint density at radius 3 is 3.07 bits per heavy atom. The second-order valence-electron chi connectivity index (χ2n) is 3.70. The zero-order valence-corrected chi connectivity index (χ0v) is 8.49. The number of hydrogen-bond acceptors (Lipinski definition) is 3. The summed E-state index contributed by atoms with van der Waals surface area (Å²) >= 11 is 0. The zero-order valence-electron chi connectivity index (χ0n) is 8.49. The predicted molar refractivity (Wildman–Crippen MR) is 56.2 cm³/mol. The minimum Gasteiger partial charge on any atom is -0.492 e. The van der Waals surface area contributed by atoms with Crippen LogP contribution < -0.4 is 10.5 Å². The minimum absolute atomic E-state index is 0.569. The molecule has 0 unspecified atom stereocenters. The summed E-state index contributed by atoms with van der Waals surface area (Å²) in [6.07, 6.45) is 0. The van der Waals surface area contributed by atoms with Gasteiger partial charge in [0.15, 0.2) is 0 Å². The van der Waals surface area contributed by atoms with Crippen LogP contribution >= 0.6 is 0 Å². The van der Waals surface area contributed by atoms with E-state index in [4.69, 9.17) is 10.5 Å².